The largest absolute Gasteiger partial charge is 0.366 e. The number of rotatable bonds is 6. The van der Waals surface area contributed by atoms with Crippen molar-refractivity contribution in [2.24, 2.45) is 5.92 Å². The summed E-state index contributed by atoms with van der Waals surface area (Å²) in [6.07, 6.45) is 1.93. The van der Waals surface area contributed by atoms with E-state index < -0.39 is 20.9 Å². The summed E-state index contributed by atoms with van der Waals surface area (Å²) in [5.74, 6) is 0.0359. The van der Waals surface area contributed by atoms with Crippen molar-refractivity contribution >= 4 is 33.0 Å². The van der Waals surface area contributed by atoms with Crippen LogP contribution in [0.1, 0.15) is 30.1 Å². The van der Waals surface area contributed by atoms with Gasteiger partial charge in [-0.3, -0.25) is 14.9 Å². The summed E-state index contributed by atoms with van der Waals surface area (Å²) in [4.78, 5) is 25.9. The Balaban J connectivity index is 1.84. The molecule has 166 valence electrons. The van der Waals surface area contributed by atoms with E-state index in [1.807, 2.05) is 4.90 Å². The van der Waals surface area contributed by atoms with Crippen LogP contribution in [0.15, 0.2) is 47.4 Å². The number of sulfonamides is 1. The first kappa shape index (κ1) is 22.7. The van der Waals surface area contributed by atoms with Crippen LogP contribution in [0.4, 0.5) is 17.1 Å². The van der Waals surface area contributed by atoms with Crippen molar-refractivity contribution in [3.63, 3.8) is 0 Å². The Morgan fingerprint density at radius 3 is 2.45 bits per heavy atom. The molecule has 0 bridgehead atoms. The van der Waals surface area contributed by atoms with Gasteiger partial charge >= 0.3 is 0 Å². The van der Waals surface area contributed by atoms with Crippen LogP contribution in [-0.4, -0.2) is 50.7 Å². The van der Waals surface area contributed by atoms with E-state index in [4.69, 9.17) is 0 Å². The van der Waals surface area contributed by atoms with Crippen LogP contribution >= 0.6 is 0 Å². The number of hydrogen-bond acceptors (Lipinski definition) is 6. The molecule has 0 unspecified atom stereocenters. The molecule has 0 saturated carbocycles. The number of nitrogens with one attached hydrogen (secondary N) is 1. The minimum atomic E-state index is -3.65. The Morgan fingerprint density at radius 1 is 1.16 bits per heavy atom. The second-order valence-electron chi connectivity index (χ2n) is 7.90. The summed E-state index contributed by atoms with van der Waals surface area (Å²) >= 11 is 0. The van der Waals surface area contributed by atoms with Gasteiger partial charge in [0.05, 0.1) is 9.82 Å². The Bertz CT molecular complexity index is 1090. The number of anilines is 2. The van der Waals surface area contributed by atoms with Gasteiger partial charge in [-0.1, -0.05) is 13.0 Å². The zero-order valence-corrected chi connectivity index (χ0v) is 18.6. The molecule has 3 rings (SSSR count). The minimum absolute atomic E-state index is 0.0379. The van der Waals surface area contributed by atoms with Gasteiger partial charge in [0.1, 0.15) is 5.69 Å². The summed E-state index contributed by atoms with van der Waals surface area (Å²) in [6, 6.07) is 10.3. The van der Waals surface area contributed by atoms with Crippen molar-refractivity contribution in [2.45, 2.75) is 24.7 Å². The lowest BCUT2D eigenvalue weighted by atomic mass is 9.98. The van der Waals surface area contributed by atoms with Gasteiger partial charge in [-0.05, 0) is 49.1 Å². The van der Waals surface area contributed by atoms with E-state index in [-0.39, 0.29) is 21.8 Å². The zero-order valence-electron chi connectivity index (χ0n) is 17.7. The normalized spacial score (nSPS) is 15.2. The summed E-state index contributed by atoms with van der Waals surface area (Å²) in [5.41, 5.74) is 0.796. The van der Waals surface area contributed by atoms with Crippen LogP contribution in [0, 0.1) is 16.0 Å². The number of hydrogen-bond donors (Lipinski definition) is 1. The molecule has 10 heteroatoms. The average Bonchev–Trinajstić information content (AvgIpc) is 2.74. The van der Waals surface area contributed by atoms with Crippen molar-refractivity contribution in [3.8, 4) is 0 Å². The maximum atomic E-state index is 12.7. The molecule has 9 nitrogen and oxygen atoms in total. The molecule has 0 aromatic heterocycles. The molecule has 1 amide bonds. The first-order chi connectivity index (χ1) is 14.6. The fourth-order valence-electron chi connectivity index (χ4n) is 3.48. The number of nitrogens with zero attached hydrogens (tertiary/aromatic N) is 3. The van der Waals surface area contributed by atoms with Crippen LogP contribution < -0.4 is 10.2 Å². The molecule has 0 atom stereocenters. The van der Waals surface area contributed by atoms with E-state index >= 15 is 0 Å². The summed E-state index contributed by atoms with van der Waals surface area (Å²) in [6.45, 7) is 3.64. The number of piperidine rings is 1. The highest BCUT2D eigenvalue weighted by Gasteiger charge is 2.25. The molecule has 1 heterocycles. The molecule has 2 aromatic carbocycles. The lowest BCUT2D eigenvalue weighted by molar-refractivity contribution is -0.384. The van der Waals surface area contributed by atoms with E-state index in [1.54, 1.807) is 18.2 Å². The van der Waals surface area contributed by atoms with Crippen molar-refractivity contribution in [1.29, 1.82) is 0 Å². The van der Waals surface area contributed by atoms with E-state index in [1.165, 1.54) is 38.4 Å². The molecule has 2 aromatic rings. The highest BCUT2D eigenvalue weighted by atomic mass is 32.2. The monoisotopic (exact) mass is 446 g/mol. The molecular formula is C21H26N4O5S. The number of nitro groups is 1. The zero-order chi connectivity index (χ0) is 22.8. The van der Waals surface area contributed by atoms with Crippen molar-refractivity contribution in [1.82, 2.24) is 4.31 Å². The number of nitro benzene ring substituents is 1. The van der Waals surface area contributed by atoms with Crippen LogP contribution in [0.2, 0.25) is 0 Å². The number of benzene rings is 2. The highest BCUT2D eigenvalue weighted by molar-refractivity contribution is 7.89. The van der Waals surface area contributed by atoms with Crippen molar-refractivity contribution < 1.29 is 18.1 Å². The number of amides is 1. The predicted octanol–water partition coefficient (Wildman–Crippen LogP) is 3.33. The maximum absolute atomic E-state index is 12.7. The summed E-state index contributed by atoms with van der Waals surface area (Å²) in [5, 5.41) is 14.3. The molecule has 31 heavy (non-hydrogen) atoms. The molecule has 0 radical (unpaired) electrons. The fraction of sp³-hybridized carbons (Fsp3) is 0.381. The Labute approximate surface area is 181 Å². The molecule has 1 fully saturated rings. The van der Waals surface area contributed by atoms with Gasteiger partial charge in [-0.2, -0.15) is 0 Å². The third-order valence-corrected chi connectivity index (χ3v) is 7.24. The molecule has 1 saturated heterocycles. The smallest absolute Gasteiger partial charge is 0.293 e. The van der Waals surface area contributed by atoms with Crippen LogP contribution in [0.5, 0.6) is 0 Å². The second kappa shape index (κ2) is 9.03. The van der Waals surface area contributed by atoms with Gasteiger partial charge in [0, 0.05) is 44.5 Å². The van der Waals surface area contributed by atoms with Gasteiger partial charge in [-0.15, -0.1) is 0 Å². The molecule has 1 aliphatic heterocycles. The average molecular weight is 447 g/mol. The molecule has 1 aliphatic rings. The standard InChI is InChI=1S/C21H26N4O5S/c1-15-9-11-24(12-10-15)19-8-7-16(13-20(19)25(27)28)21(26)22-17-5-4-6-18(14-17)31(29,30)23(2)3/h4-8,13-15H,9-12H2,1-3H3,(H,22,26). The van der Waals surface area contributed by atoms with Gasteiger partial charge in [0.15, 0.2) is 0 Å². The van der Waals surface area contributed by atoms with Crippen LogP contribution in [0.3, 0.4) is 0 Å². The molecule has 1 N–H and O–H groups in total. The first-order valence-electron chi connectivity index (χ1n) is 9.97. The quantitative estimate of drug-likeness (QED) is 0.538. The summed E-state index contributed by atoms with van der Waals surface area (Å²) in [7, 11) is -0.811. The van der Waals surface area contributed by atoms with E-state index in [0.717, 1.165) is 30.2 Å². The van der Waals surface area contributed by atoms with E-state index in [0.29, 0.717) is 11.6 Å². The third kappa shape index (κ3) is 5.02. The molecular weight excluding hydrogens is 420 g/mol. The van der Waals surface area contributed by atoms with E-state index in [9.17, 15) is 23.3 Å². The van der Waals surface area contributed by atoms with Gasteiger partial charge in [0.25, 0.3) is 11.6 Å². The number of carbonyl (C=O) groups is 1. The van der Waals surface area contributed by atoms with Crippen molar-refractivity contribution in [3.05, 3.63) is 58.1 Å². The van der Waals surface area contributed by atoms with Crippen molar-refractivity contribution in [2.75, 3.05) is 37.4 Å². The fourth-order valence-corrected chi connectivity index (χ4v) is 4.42. The Morgan fingerprint density at radius 2 is 1.84 bits per heavy atom. The molecule has 0 spiro atoms. The maximum Gasteiger partial charge on any atom is 0.293 e. The van der Waals surface area contributed by atoms with Gasteiger partial charge in [0.2, 0.25) is 10.0 Å². The Kier molecular flexibility index (Phi) is 6.61. The highest BCUT2D eigenvalue weighted by Crippen LogP contribution is 2.32. The van der Waals surface area contributed by atoms with E-state index in [2.05, 4.69) is 12.2 Å². The first-order valence-corrected chi connectivity index (χ1v) is 11.4. The van der Waals surface area contributed by atoms with Gasteiger partial charge < -0.3 is 10.2 Å². The summed E-state index contributed by atoms with van der Waals surface area (Å²) < 4.78 is 25.7. The lowest BCUT2D eigenvalue weighted by Gasteiger charge is -2.31. The minimum Gasteiger partial charge on any atom is -0.366 e. The van der Waals surface area contributed by atoms with Crippen LogP contribution in [0.25, 0.3) is 0 Å². The third-order valence-electron chi connectivity index (χ3n) is 5.43. The molecule has 0 aliphatic carbocycles. The number of carbonyl (C=O) groups excluding carboxylic acids is 1. The van der Waals surface area contributed by atoms with Gasteiger partial charge in [-0.25, -0.2) is 12.7 Å². The topological polar surface area (TPSA) is 113 Å². The predicted molar refractivity (Wildman–Crippen MR) is 119 cm³/mol. The second-order valence-corrected chi connectivity index (χ2v) is 10.1. The van der Waals surface area contributed by atoms with Crippen LogP contribution in [-0.2, 0) is 10.0 Å². The SMILES string of the molecule is CC1CCN(c2ccc(C(=O)Nc3cccc(S(=O)(=O)N(C)C)c3)cc2[N+](=O)[O-])CC1. The lowest BCUT2D eigenvalue weighted by Crippen LogP contribution is -2.33. The Hall–Kier alpha value is -2.98.